The van der Waals surface area contributed by atoms with Crippen molar-refractivity contribution in [2.45, 2.75) is 0 Å². The molecular formula is H2MnNiO4S. The molecule has 0 saturated heterocycles. The van der Waals surface area contributed by atoms with Crippen molar-refractivity contribution in [1.29, 1.82) is 0 Å². The maximum atomic E-state index is 8.74. The van der Waals surface area contributed by atoms with E-state index >= 15 is 0 Å². The molecule has 0 atom stereocenters. The average molecular weight is 212 g/mol. The van der Waals surface area contributed by atoms with E-state index in [4.69, 9.17) is 17.5 Å². The fraction of sp³-hybridized carbons (Fsp3) is 0. The average Bonchev–Trinajstić information content (AvgIpc) is 0.722. The molecule has 0 heterocycles. The number of hydrogen-bond donors (Lipinski definition) is 2. The van der Waals surface area contributed by atoms with Crippen molar-refractivity contribution in [3.8, 4) is 0 Å². The van der Waals surface area contributed by atoms with Gasteiger partial charge in [0.05, 0.1) is 0 Å². The van der Waals surface area contributed by atoms with Crippen LogP contribution in [-0.2, 0) is 44.0 Å². The van der Waals surface area contributed by atoms with E-state index in [9.17, 15) is 0 Å². The Hall–Kier alpha value is 0.883. The van der Waals surface area contributed by atoms with Gasteiger partial charge in [0.15, 0.2) is 0 Å². The summed E-state index contributed by atoms with van der Waals surface area (Å²) < 4.78 is 31.6. The normalized spacial score (nSPS) is 8.29. The van der Waals surface area contributed by atoms with Crippen molar-refractivity contribution in [2.75, 3.05) is 0 Å². The van der Waals surface area contributed by atoms with Crippen molar-refractivity contribution < 1.29 is 51.1 Å². The van der Waals surface area contributed by atoms with Crippen LogP contribution in [0, 0.1) is 0 Å². The molecule has 1 radical (unpaired) electrons. The minimum absolute atomic E-state index is 0. The summed E-state index contributed by atoms with van der Waals surface area (Å²) >= 11 is 0. The van der Waals surface area contributed by atoms with E-state index < -0.39 is 10.4 Å². The van der Waals surface area contributed by atoms with Gasteiger partial charge < -0.3 is 0 Å². The standard InChI is InChI=1S/Mn.Ni.H2O4S/c;;1-5(2,3)4/h;;(H2,1,2,3,4). The summed E-state index contributed by atoms with van der Waals surface area (Å²) in [6, 6.07) is 0. The summed E-state index contributed by atoms with van der Waals surface area (Å²) in [7, 11) is -4.67. The SMILES string of the molecule is O=S(=O)(O)O.[Mn].[Ni]. The van der Waals surface area contributed by atoms with Crippen LogP contribution in [0.2, 0.25) is 0 Å². The molecule has 0 spiro atoms. The van der Waals surface area contributed by atoms with Crippen molar-refractivity contribution >= 4 is 10.4 Å². The molecule has 0 aliphatic carbocycles. The molecule has 0 rings (SSSR count). The van der Waals surface area contributed by atoms with Gasteiger partial charge in [0, 0.05) is 33.6 Å². The number of hydrogen-bond acceptors (Lipinski definition) is 2. The Morgan fingerprint density at radius 3 is 1.14 bits per heavy atom. The van der Waals surface area contributed by atoms with Crippen LogP contribution >= 0.6 is 0 Å². The molecule has 0 aromatic carbocycles. The molecule has 7 heavy (non-hydrogen) atoms. The van der Waals surface area contributed by atoms with Gasteiger partial charge in [-0.2, -0.15) is 8.42 Å². The van der Waals surface area contributed by atoms with Gasteiger partial charge in [-0.1, -0.05) is 0 Å². The van der Waals surface area contributed by atoms with E-state index in [-0.39, 0.29) is 33.6 Å². The second kappa shape index (κ2) is 5.03. The summed E-state index contributed by atoms with van der Waals surface area (Å²) in [5.74, 6) is 0. The zero-order chi connectivity index (χ0) is 4.50. The molecule has 4 nitrogen and oxygen atoms in total. The third-order valence-electron chi connectivity index (χ3n) is 0. The van der Waals surface area contributed by atoms with Crippen LogP contribution in [0.5, 0.6) is 0 Å². The Kier molecular flexibility index (Phi) is 11.3. The fourth-order valence-electron chi connectivity index (χ4n) is 0. The van der Waals surface area contributed by atoms with Crippen LogP contribution in [0.15, 0.2) is 0 Å². The predicted octanol–water partition coefficient (Wildman–Crippen LogP) is -0.658. The first-order valence-corrected chi connectivity index (χ1v) is 2.10. The van der Waals surface area contributed by atoms with Gasteiger partial charge in [0.25, 0.3) is 0 Å². The minimum atomic E-state index is -4.67. The van der Waals surface area contributed by atoms with Crippen LogP contribution in [0.1, 0.15) is 0 Å². The number of rotatable bonds is 0. The molecule has 0 fully saturated rings. The van der Waals surface area contributed by atoms with E-state index in [1.54, 1.807) is 0 Å². The first-order valence-electron chi connectivity index (χ1n) is 0.698. The Morgan fingerprint density at radius 2 is 1.14 bits per heavy atom. The fourth-order valence-corrected chi connectivity index (χ4v) is 0. The monoisotopic (exact) mass is 211 g/mol. The van der Waals surface area contributed by atoms with Crippen LogP contribution in [0.4, 0.5) is 0 Å². The predicted molar refractivity (Wildman–Crippen MR) is 14.2 cm³/mol. The Balaban J connectivity index is -0.0000000800. The molecule has 0 aliphatic rings. The van der Waals surface area contributed by atoms with Crippen LogP contribution < -0.4 is 0 Å². The van der Waals surface area contributed by atoms with E-state index in [1.807, 2.05) is 0 Å². The molecule has 0 amide bonds. The van der Waals surface area contributed by atoms with Crippen molar-refractivity contribution in [2.24, 2.45) is 0 Å². The van der Waals surface area contributed by atoms with Crippen LogP contribution in [0.3, 0.4) is 0 Å². The van der Waals surface area contributed by atoms with Gasteiger partial charge in [0.1, 0.15) is 0 Å². The molecule has 0 aliphatic heterocycles. The Morgan fingerprint density at radius 1 is 1.14 bits per heavy atom. The smallest absolute Gasteiger partial charge is 0.264 e. The summed E-state index contributed by atoms with van der Waals surface area (Å²) in [5.41, 5.74) is 0. The van der Waals surface area contributed by atoms with Crippen LogP contribution in [-0.4, -0.2) is 17.5 Å². The van der Waals surface area contributed by atoms with Gasteiger partial charge in [-0.15, -0.1) is 0 Å². The van der Waals surface area contributed by atoms with E-state index in [0.29, 0.717) is 0 Å². The summed E-state index contributed by atoms with van der Waals surface area (Å²) in [5, 5.41) is 0. The zero-order valence-electron chi connectivity index (χ0n) is 2.81. The summed E-state index contributed by atoms with van der Waals surface area (Å²) in [4.78, 5) is 0. The molecular weight excluding hydrogens is 210 g/mol. The van der Waals surface area contributed by atoms with Gasteiger partial charge >= 0.3 is 10.4 Å². The molecule has 7 heteroatoms. The van der Waals surface area contributed by atoms with Crippen molar-refractivity contribution in [3.05, 3.63) is 0 Å². The second-order valence-electron chi connectivity index (χ2n) is 0.448. The maximum absolute atomic E-state index is 8.74. The zero-order valence-corrected chi connectivity index (χ0v) is 5.80. The third kappa shape index (κ3) is 210. The second-order valence-corrected chi connectivity index (χ2v) is 1.34. The summed E-state index contributed by atoms with van der Waals surface area (Å²) in [6.07, 6.45) is 0. The van der Waals surface area contributed by atoms with E-state index in [1.165, 1.54) is 0 Å². The van der Waals surface area contributed by atoms with E-state index in [0.717, 1.165) is 0 Å². The molecule has 0 aromatic rings. The largest absolute Gasteiger partial charge is 0.394 e. The topological polar surface area (TPSA) is 74.6 Å². The van der Waals surface area contributed by atoms with Gasteiger partial charge in [0.2, 0.25) is 0 Å². The Bertz CT molecular complexity index is 94.9. The Labute approximate surface area is 61.6 Å². The van der Waals surface area contributed by atoms with Crippen molar-refractivity contribution in [1.82, 2.24) is 0 Å². The third-order valence-corrected chi connectivity index (χ3v) is 0. The molecule has 0 saturated carbocycles. The molecule has 0 bridgehead atoms. The van der Waals surface area contributed by atoms with Crippen LogP contribution in [0.25, 0.3) is 0 Å². The van der Waals surface area contributed by atoms with Gasteiger partial charge in [-0.3, -0.25) is 9.11 Å². The van der Waals surface area contributed by atoms with Crippen molar-refractivity contribution in [3.63, 3.8) is 0 Å². The van der Waals surface area contributed by atoms with Gasteiger partial charge in [-0.25, -0.2) is 0 Å². The first kappa shape index (κ1) is 15.7. The molecule has 0 aromatic heterocycles. The first-order chi connectivity index (χ1) is 2.00. The maximum Gasteiger partial charge on any atom is 0.394 e. The quantitative estimate of drug-likeness (QED) is 0.412. The molecule has 49 valence electrons. The van der Waals surface area contributed by atoms with Gasteiger partial charge in [-0.05, 0) is 0 Å². The molecule has 2 N–H and O–H groups in total. The summed E-state index contributed by atoms with van der Waals surface area (Å²) in [6.45, 7) is 0. The minimum Gasteiger partial charge on any atom is -0.264 e. The molecule has 0 unspecified atom stereocenters. The van der Waals surface area contributed by atoms with E-state index in [2.05, 4.69) is 0 Å².